The van der Waals surface area contributed by atoms with Crippen molar-refractivity contribution in [3.05, 3.63) is 89.5 Å². The number of amides is 2. The summed E-state index contributed by atoms with van der Waals surface area (Å²) in [4.78, 5) is 35.7. The van der Waals surface area contributed by atoms with Gasteiger partial charge in [-0.15, -0.1) is 0 Å². The maximum atomic E-state index is 12.3. The third-order valence-electron chi connectivity index (χ3n) is 5.87. The number of hydrogen-bond donors (Lipinski definition) is 3. The number of alkyl carbamates (subject to hydrolysis) is 1. The summed E-state index contributed by atoms with van der Waals surface area (Å²) in [5.74, 6) is -1.47. The SMILES string of the molecule is CC(CNC(=O)OCC1c2ccccc2-c2ccccc21)CC(=O)Nc1cccc(C(=O)O)c1. The summed E-state index contributed by atoms with van der Waals surface area (Å²) in [5.41, 5.74) is 5.15. The van der Waals surface area contributed by atoms with Crippen molar-refractivity contribution < 1.29 is 24.2 Å². The summed E-state index contributed by atoms with van der Waals surface area (Å²) >= 11 is 0. The lowest BCUT2D eigenvalue weighted by Gasteiger charge is -2.16. The molecular weight excluding hydrogens is 432 g/mol. The Morgan fingerprint density at radius 2 is 1.59 bits per heavy atom. The van der Waals surface area contributed by atoms with Gasteiger partial charge in [0.25, 0.3) is 0 Å². The van der Waals surface area contributed by atoms with E-state index < -0.39 is 12.1 Å². The highest BCUT2D eigenvalue weighted by Crippen LogP contribution is 2.44. The van der Waals surface area contributed by atoms with Crippen LogP contribution in [0.2, 0.25) is 0 Å². The molecule has 0 bridgehead atoms. The van der Waals surface area contributed by atoms with Gasteiger partial charge in [0.05, 0.1) is 5.56 Å². The Bertz CT molecular complexity index is 1180. The first-order chi connectivity index (χ1) is 16.4. The molecule has 1 unspecified atom stereocenters. The summed E-state index contributed by atoms with van der Waals surface area (Å²) in [6, 6.07) is 22.3. The van der Waals surface area contributed by atoms with Crippen molar-refractivity contribution in [2.45, 2.75) is 19.3 Å². The van der Waals surface area contributed by atoms with Crippen LogP contribution in [0.4, 0.5) is 10.5 Å². The van der Waals surface area contributed by atoms with Crippen LogP contribution >= 0.6 is 0 Å². The van der Waals surface area contributed by atoms with Crippen LogP contribution in [0.25, 0.3) is 11.1 Å². The number of nitrogens with one attached hydrogen (secondary N) is 2. The summed E-state index contributed by atoms with van der Waals surface area (Å²) in [5, 5.41) is 14.5. The fraction of sp³-hybridized carbons (Fsp3) is 0.222. The van der Waals surface area contributed by atoms with Gasteiger partial charge in [-0.2, -0.15) is 0 Å². The first kappa shape index (κ1) is 23.0. The number of aromatic carboxylic acids is 1. The summed E-state index contributed by atoms with van der Waals surface area (Å²) in [6.07, 6.45) is -0.357. The van der Waals surface area contributed by atoms with E-state index in [1.165, 1.54) is 23.3 Å². The first-order valence-corrected chi connectivity index (χ1v) is 11.1. The van der Waals surface area contributed by atoms with Crippen molar-refractivity contribution in [3.8, 4) is 11.1 Å². The molecule has 7 nitrogen and oxygen atoms in total. The Morgan fingerprint density at radius 1 is 0.941 bits per heavy atom. The molecule has 0 saturated heterocycles. The van der Waals surface area contributed by atoms with E-state index in [2.05, 4.69) is 34.9 Å². The molecule has 1 atom stereocenters. The number of rotatable bonds is 8. The van der Waals surface area contributed by atoms with Gasteiger partial charge in [0.1, 0.15) is 6.61 Å². The molecule has 2 amide bonds. The van der Waals surface area contributed by atoms with E-state index in [4.69, 9.17) is 9.84 Å². The first-order valence-electron chi connectivity index (χ1n) is 11.1. The lowest BCUT2D eigenvalue weighted by Crippen LogP contribution is -2.31. The van der Waals surface area contributed by atoms with Crippen molar-refractivity contribution >= 4 is 23.7 Å². The quantitative estimate of drug-likeness (QED) is 0.446. The molecule has 3 aromatic rings. The van der Waals surface area contributed by atoms with E-state index in [9.17, 15) is 14.4 Å². The molecule has 0 aliphatic heterocycles. The zero-order valence-corrected chi connectivity index (χ0v) is 18.8. The molecule has 0 aromatic heterocycles. The highest BCUT2D eigenvalue weighted by molar-refractivity contribution is 5.94. The van der Waals surface area contributed by atoms with Gasteiger partial charge < -0.3 is 20.5 Å². The maximum absolute atomic E-state index is 12.3. The second-order valence-corrected chi connectivity index (χ2v) is 8.45. The summed E-state index contributed by atoms with van der Waals surface area (Å²) in [7, 11) is 0. The van der Waals surface area contributed by atoms with E-state index in [1.807, 2.05) is 31.2 Å². The monoisotopic (exact) mass is 458 g/mol. The fourth-order valence-corrected chi connectivity index (χ4v) is 4.24. The number of carboxylic acids is 1. The molecule has 0 radical (unpaired) electrons. The topological polar surface area (TPSA) is 105 Å². The minimum Gasteiger partial charge on any atom is -0.478 e. The van der Waals surface area contributed by atoms with E-state index in [1.54, 1.807) is 12.1 Å². The van der Waals surface area contributed by atoms with Crippen molar-refractivity contribution in [2.24, 2.45) is 5.92 Å². The predicted molar refractivity (Wildman–Crippen MR) is 129 cm³/mol. The number of carboxylic acid groups (broad SMARTS) is 1. The van der Waals surface area contributed by atoms with Crippen LogP contribution in [0.1, 0.15) is 40.7 Å². The van der Waals surface area contributed by atoms with Crippen molar-refractivity contribution in [1.29, 1.82) is 0 Å². The standard InChI is InChI=1S/C27H26N2O5/c1-17(13-25(30)29-19-8-6-7-18(14-19)26(31)32)15-28-27(33)34-16-24-22-11-4-2-9-20(22)21-10-3-5-12-23(21)24/h2-12,14,17,24H,13,15-16H2,1H3,(H,28,33)(H,29,30)(H,31,32). The number of anilines is 1. The van der Waals surface area contributed by atoms with Crippen LogP contribution in [0.5, 0.6) is 0 Å². The molecule has 1 aliphatic carbocycles. The average molecular weight is 459 g/mol. The Kier molecular flexibility index (Phi) is 6.92. The zero-order valence-electron chi connectivity index (χ0n) is 18.8. The lowest BCUT2D eigenvalue weighted by molar-refractivity contribution is -0.116. The molecule has 34 heavy (non-hydrogen) atoms. The minimum absolute atomic E-state index is 0.0112. The number of carbonyl (C=O) groups is 3. The smallest absolute Gasteiger partial charge is 0.407 e. The van der Waals surface area contributed by atoms with Gasteiger partial charge in [0.15, 0.2) is 0 Å². The average Bonchev–Trinajstić information content (AvgIpc) is 3.15. The summed E-state index contributed by atoms with van der Waals surface area (Å²) in [6.45, 7) is 2.35. The number of fused-ring (bicyclic) bond motifs is 3. The molecule has 3 N–H and O–H groups in total. The number of hydrogen-bond acceptors (Lipinski definition) is 4. The van der Waals surface area contributed by atoms with Crippen molar-refractivity contribution in [2.75, 3.05) is 18.5 Å². The Balaban J connectivity index is 1.25. The molecule has 0 saturated carbocycles. The van der Waals surface area contributed by atoms with Gasteiger partial charge in [0.2, 0.25) is 5.91 Å². The molecule has 7 heteroatoms. The number of ether oxygens (including phenoxy) is 1. The molecule has 174 valence electrons. The van der Waals surface area contributed by atoms with Gasteiger partial charge in [-0.3, -0.25) is 4.79 Å². The Labute approximate surface area is 197 Å². The van der Waals surface area contributed by atoms with Gasteiger partial charge in [-0.05, 0) is 46.4 Å². The normalized spacial score (nSPS) is 12.9. The molecule has 4 rings (SSSR count). The van der Waals surface area contributed by atoms with Crippen molar-refractivity contribution in [3.63, 3.8) is 0 Å². The van der Waals surface area contributed by atoms with Crippen LogP contribution < -0.4 is 10.6 Å². The largest absolute Gasteiger partial charge is 0.478 e. The fourth-order valence-electron chi connectivity index (χ4n) is 4.24. The van der Waals surface area contributed by atoms with E-state index in [-0.39, 0.29) is 42.9 Å². The molecule has 3 aromatic carbocycles. The molecule has 0 heterocycles. The minimum atomic E-state index is -1.06. The van der Waals surface area contributed by atoms with Crippen LogP contribution in [0, 0.1) is 5.92 Å². The molecular formula is C27H26N2O5. The van der Waals surface area contributed by atoms with Crippen LogP contribution in [-0.4, -0.2) is 36.2 Å². The molecule has 1 aliphatic rings. The highest BCUT2D eigenvalue weighted by atomic mass is 16.5. The second-order valence-electron chi connectivity index (χ2n) is 8.45. The van der Waals surface area contributed by atoms with Gasteiger partial charge in [0, 0.05) is 24.6 Å². The van der Waals surface area contributed by atoms with Gasteiger partial charge >= 0.3 is 12.1 Å². The van der Waals surface area contributed by atoms with Crippen LogP contribution in [0.3, 0.4) is 0 Å². The third kappa shape index (κ3) is 5.26. The molecule has 0 spiro atoms. The maximum Gasteiger partial charge on any atom is 0.407 e. The van der Waals surface area contributed by atoms with E-state index in [0.717, 1.165) is 11.1 Å². The van der Waals surface area contributed by atoms with Gasteiger partial charge in [-0.1, -0.05) is 61.5 Å². The Morgan fingerprint density at radius 3 is 2.24 bits per heavy atom. The van der Waals surface area contributed by atoms with Crippen molar-refractivity contribution in [1.82, 2.24) is 5.32 Å². The highest BCUT2D eigenvalue weighted by Gasteiger charge is 2.29. The van der Waals surface area contributed by atoms with Crippen LogP contribution in [-0.2, 0) is 9.53 Å². The Hall–Kier alpha value is -4.13. The van der Waals surface area contributed by atoms with E-state index in [0.29, 0.717) is 5.69 Å². The predicted octanol–water partition coefficient (Wildman–Crippen LogP) is 4.89. The van der Waals surface area contributed by atoms with Gasteiger partial charge in [-0.25, -0.2) is 9.59 Å². The van der Waals surface area contributed by atoms with E-state index >= 15 is 0 Å². The zero-order chi connectivity index (χ0) is 24.1. The third-order valence-corrected chi connectivity index (χ3v) is 5.87. The second kappa shape index (κ2) is 10.2. The number of benzene rings is 3. The molecule has 0 fully saturated rings. The number of carbonyl (C=O) groups excluding carboxylic acids is 2. The van der Waals surface area contributed by atoms with Crippen LogP contribution in [0.15, 0.2) is 72.8 Å². The summed E-state index contributed by atoms with van der Waals surface area (Å²) < 4.78 is 5.52. The lowest BCUT2D eigenvalue weighted by atomic mass is 9.98.